The fraction of sp³-hybridized carbons (Fsp3) is 0. The molecular weight excluding hydrogens is 217 g/mol. The standard InChI is InChI=1S/C10H6FNO2S/c11-9-4-1-6(5-12-9)7-2-3-8(15-7)10(13)14/h1-5H,(H,13,14). The molecule has 2 aromatic heterocycles. The van der Waals surface area contributed by atoms with Crippen LogP contribution in [0.2, 0.25) is 0 Å². The molecule has 0 radical (unpaired) electrons. The van der Waals surface area contributed by atoms with Gasteiger partial charge in [-0.3, -0.25) is 0 Å². The summed E-state index contributed by atoms with van der Waals surface area (Å²) in [5.41, 5.74) is 0.717. The molecule has 1 N–H and O–H groups in total. The Morgan fingerprint density at radius 3 is 2.67 bits per heavy atom. The number of hydrogen-bond donors (Lipinski definition) is 1. The van der Waals surface area contributed by atoms with E-state index in [1.807, 2.05) is 0 Å². The van der Waals surface area contributed by atoms with Gasteiger partial charge in [-0.1, -0.05) is 0 Å². The van der Waals surface area contributed by atoms with Gasteiger partial charge < -0.3 is 5.11 Å². The Labute approximate surface area is 88.8 Å². The first kappa shape index (κ1) is 9.79. The molecule has 0 aliphatic carbocycles. The van der Waals surface area contributed by atoms with Crippen LogP contribution in [0.5, 0.6) is 0 Å². The van der Waals surface area contributed by atoms with Gasteiger partial charge in [-0.15, -0.1) is 11.3 Å². The van der Waals surface area contributed by atoms with Crippen LogP contribution in [0.1, 0.15) is 9.67 Å². The van der Waals surface area contributed by atoms with E-state index in [9.17, 15) is 9.18 Å². The van der Waals surface area contributed by atoms with E-state index in [1.54, 1.807) is 12.1 Å². The fourth-order valence-electron chi connectivity index (χ4n) is 1.13. The van der Waals surface area contributed by atoms with Gasteiger partial charge in [0.05, 0.1) is 0 Å². The Kier molecular flexibility index (Phi) is 2.47. The van der Waals surface area contributed by atoms with Crippen molar-refractivity contribution in [3.63, 3.8) is 0 Å². The van der Waals surface area contributed by atoms with Crippen molar-refractivity contribution >= 4 is 17.3 Å². The van der Waals surface area contributed by atoms with Crippen molar-refractivity contribution in [2.24, 2.45) is 0 Å². The van der Waals surface area contributed by atoms with Gasteiger partial charge in [-0.2, -0.15) is 4.39 Å². The molecular formula is C10H6FNO2S. The zero-order valence-electron chi connectivity index (χ0n) is 7.48. The molecule has 0 spiro atoms. The van der Waals surface area contributed by atoms with Gasteiger partial charge in [0.2, 0.25) is 5.95 Å². The zero-order valence-corrected chi connectivity index (χ0v) is 8.29. The van der Waals surface area contributed by atoms with Gasteiger partial charge in [0, 0.05) is 16.6 Å². The van der Waals surface area contributed by atoms with Crippen LogP contribution in [0.25, 0.3) is 10.4 Å². The maximum absolute atomic E-state index is 12.5. The molecule has 0 aliphatic rings. The number of pyridine rings is 1. The minimum Gasteiger partial charge on any atom is -0.477 e. The molecule has 76 valence electrons. The summed E-state index contributed by atoms with van der Waals surface area (Å²) in [6.45, 7) is 0. The third-order valence-corrected chi connectivity index (χ3v) is 2.95. The molecule has 2 heterocycles. The fourth-order valence-corrected chi connectivity index (χ4v) is 1.96. The quantitative estimate of drug-likeness (QED) is 0.796. The highest BCUT2D eigenvalue weighted by Gasteiger charge is 2.08. The second kappa shape index (κ2) is 3.78. The van der Waals surface area contributed by atoms with E-state index < -0.39 is 11.9 Å². The summed E-state index contributed by atoms with van der Waals surface area (Å²) in [6.07, 6.45) is 1.38. The van der Waals surface area contributed by atoms with Crippen molar-refractivity contribution in [2.75, 3.05) is 0 Å². The number of carbonyl (C=O) groups is 1. The van der Waals surface area contributed by atoms with Crippen LogP contribution >= 0.6 is 11.3 Å². The van der Waals surface area contributed by atoms with Gasteiger partial charge in [0.15, 0.2) is 0 Å². The Balaban J connectivity index is 2.37. The molecule has 0 unspecified atom stereocenters. The number of carboxylic acid groups (broad SMARTS) is 1. The average Bonchev–Trinajstić information content (AvgIpc) is 2.68. The highest BCUT2D eigenvalue weighted by Crippen LogP contribution is 2.27. The highest BCUT2D eigenvalue weighted by atomic mass is 32.1. The van der Waals surface area contributed by atoms with Crippen molar-refractivity contribution in [1.29, 1.82) is 0 Å². The van der Waals surface area contributed by atoms with Crippen molar-refractivity contribution in [3.05, 3.63) is 41.3 Å². The number of nitrogens with zero attached hydrogens (tertiary/aromatic N) is 1. The van der Waals surface area contributed by atoms with E-state index >= 15 is 0 Å². The van der Waals surface area contributed by atoms with E-state index in [0.29, 0.717) is 5.56 Å². The van der Waals surface area contributed by atoms with E-state index in [1.165, 1.54) is 18.3 Å². The summed E-state index contributed by atoms with van der Waals surface area (Å²) in [5, 5.41) is 8.72. The first-order valence-electron chi connectivity index (χ1n) is 4.12. The number of rotatable bonds is 2. The highest BCUT2D eigenvalue weighted by molar-refractivity contribution is 7.17. The molecule has 0 saturated carbocycles. The number of halogens is 1. The summed E-state index contributed by atoms with van der Waals surface area (Å²) in [6, 6.07) is 6.02. The third-order valence-electron chi connectivity index (χ3n) is 1.83. The minimum absolute atomic E-state index is 0.259. The van der Waals surface area contributed by atoms with E-state index in [-0.39, 0.29) is 4.88 Å². The summed E-state index contributed by atoms with van der Waals surface area (Å²) < 4.78 is 12.5. The molecule has 0 atom stereocenters. The van der Waals surface area contributed by atoms with Crippen LogP contribution in [0.15, 0.2) is 30.5 Å². The van der Waals surface area contributed by atoms with Crippen LogP contribution in [0.4, 0.5) is 4.39 Å². The van der Waals surface area contributed by atoms with Gasteiger partial charge in [-0.05, 0) is 24.3 Å². The predicted octanol–water partition coefficient (Wildman–Crippen LogP) is 2.65. The number of carboxylic acids is 1. The molecule has 0 fully saturated rings. The lowest BCUT2D eigenvalue weighted by atomic mass is 10.2. The number of thiophene rings is 1. The molecule has 0 aromatic carbocycles. The molecule has 3 nitrogen and oxygen atoms in total. The lowest BCUT2D eigenvalue weighted by Crippen LogP contribution is -1.89. The lowest BCUT2D eigenvalue weighted by Gasteiger charge is -1.94. The first-order valence-corrected chi connectivity index (χ1v) is 4.93. The second-order valence-electron chi connectivity index (χ2n) is 2.84. The maximum Gasteiger partial charge on any atom is 0.345 e. The van der Waals surface area contributed by atoms with Crippen LogP contribution in [-0.2, 0) is 0 Å². The van der Waals surface area contributed by atoms with Gasteiger partial charge in [0.1, 0.15) is 4.88 Å². The van der Waals surface area contributed by atoms with Crippen LogP contribution in [0.3, 0.4) is 0 Å². The molecule has 0 saturated heterocycles. The molecule has 5 heteroatoms. The van der Waals surface area contributed by atoms with Gasteiger partial charge in [-0.25, -0.2) is 9.78 Å². The average molecular weight is 223 g/mol. The molecule has 2 aromatic rings. The van der Waals surface area contributed by atoms with Crippen LogP contribution < -0.4 is 0 Å². The SMILES string of the molecule is O=C(O)c1ccc(-c2ccc(F)nc2)s1. The van der Waals surface area contributed by atoms with Crippen molar-refractivity contribution in [3.8, 4) is 10.4 Å². The van der Waals surface area contributed by atoms with Crippen LogP contribution in [-0.4, -0.2) is 16.1 Å². The molecule has 0 bridgehead atoms. The van der Waals surface area contributed by atoms with Crippen LogP contribution in [0, 0.1) is 5.95 Å². The molecule has 15 heavy (non-hydrogen) atoms. The Hall–Kier alpha value is -1.75. The van der Waals surface area contributed by atoms with E-state index in [4.69, 9.17) is 5.11 Å². The lowest BCUT2D eigenvalue weighted by molar-refractivity contribution is 0.0702. The summed E-state index contributed by atoms with van der Waals surface area (Å²) in [7, 11) is 0. The maximum atomic E-state index is 12.5. The largest absolute Gasteiger partial charge is 0.477 e. The normalized spacial score (nSPS) is 10.2. The number of aromatic carboxylic acids is 1. The molecule has 2 rings (SSSR count). The summed E-state index contributed by atoms with van der Waals surface area (Å²) in [4.78, 5) is 15.2. The Morgan fingerprint density at radius 2 is 2.13 bits per heavy atom. The Bertz CT molecular complexity index is 492. The number of hydrogen-bond acceptors (Lipinski definition) is 3. The third kappa shape index (κ3) is 2.02. The van der Waals surface area contributed by atoms with Crippen molar-refractivity contribution in [2.45, 2.75) is 0 Å². The molecule has 0 amide bonds. The number of aromatic nitrogens is 1. The Morgan fingerprint density at radius 1 is 1.33 bits per heavy atom. The van der Waals surface area contributed by atoms with Crippen molar-refractivity contribution < 1.29 is 14.3 Å². The van der Waals surface area contributed by atoms with Gasteiger partial charge in [0.25, 0.3) is 0 Å². The smallest absolute Gasteiger partial charge is 0.345 e. The van der Waals surface area contributed by atoms with Crippen molar-refractivity contribution in [1.82, 2.24) is 4.98 Å². The van der Waals surface area contributed by atoms with E-state index in [2.05, 4.69) is 4.98 Å². The predicted molar refractivity (Wildman–Crippen MR) is 54.5 cm³/mol. The first-order chi connectivity index (χ1) is 7.16. The minimum atomic E-state index is -0.957. The summed E-state index contributed by atoms with van der Waals surface area (Å²) in [5.74, 6) is -1.50. The zero-order chi connectivity index (χ0) is 10.8. The monoisotopic (exact) mass is 223 g/mol. The van der Waals surface area contributed by atoms with E-state index in [0.717, 1.165) is 16.2 Å². The van der Waals surface area contributed by atoms with Gasteiger partial charge >= 0.3 is 5.97 Å². The summed E-state index contributed by atoms with van der Waals surface area (Å²) >= 11 is 1.14. The second-order valence-corrected chi connectivity index (χ2v) is 3.92. The topological polar surface area (TPSA) is 50.2 Å². The molecule has 0 aliphatic heterocycles.